The molecule has 0 aliphatic heterocycles. The molecule has 18 heavy (non-hydrogen) atoms. The average Bonchev–Trinajstić information content (AvgIpc) is 2.37. The summed E-state index contributed by atoms with van der Waals surface area (Å²) in [5, 5.41) is 11.3. The molecule has 0 saturated carbocycles. The number of hydrogen-bond donors (Lipinski definition) is 2. The molecule has 0 aliphatic carbocycles. The Morgan fingerprint density at radius 3 is 2.56 bits per heavy atom. The van der Waals surface area contributed by atoms with Crippen molar-refractivity contribution in [2.75, 3.05) is 13.7 Å². The Kier molecular flexibility index (Phi) is 5.44. The van der Waals surface area contributed by atoms with Gasteiger partial charge in [-0.15, -0.1) is 0 Å². The van der Waals surface area contributed by atoms with E-state index in [0.717, 1.165) is 5.56 Å². The lowest BCUT2D eigenvalue weighted by molar-refractivity contribution is -0.136. The van der Waals surface area contributed by atoms with Gasteiger partial charge in [-0.1, -0.05) is 30.3 Å². The van der Waals surface area contributed by atoms with E-state index in [1.807, 2.05) is 30.3 Å². The second-order valence-corrected chi connectivity index (χ2v) is 3.60. The molecule has 5 nitrogen and oxygen atoms in total. The highest BCUT2D eigenvalue weighted by atomic mass is 16.5. The van der Waals surface area contributed by atoms with Crippen molar-refractivity contribution in [1.29, 1.82) is 0 Å². The molecule has 0 spiro atoms. The van der Waals surface area contributed by atoms with Gasteiger partial charge in [0, 0.05) is 18.2 Å². The third-order valence-corrected chi connectivity index (χ3v) is 2.20. The zero-order valence-electron chi connectivity index (χ0n) is 10.1. The summed E-state index contributed by atoms with van der Waals surface area (Å²) in [4.78, 5) is 21.7. The van der Waals surface area contributed by atoms with Crippen LogP contribution < -0.4 is 5.32 Å². The second kappa shape index (κ2) is 7.11. The molecule has 0 saturated heterocycles. The van der Waals surface area contributed by atoms with E-state index in [-0.39, 0.29) is 6.54 Å². The van der Waals surface area contributed by atoms with Crippen LogP contribution in [0, 0.1) is 0 Å². The van der Waals surface area contributed by atoms with Gasteiger partial charge < -0.3 is 15.2 Å². The summed E-state index contributed by atoms with van der Waals surface area (Å²) in [5.74, 6) is -1.50. The van der Waals surface area contributed by atoms with Gasteiger partial charge in [0.2, 0.25) is 0 Å². The molecule has 0 fully saturated rings. The first-order chi connectivity index (χ1) is 8.61. The van der Waals surface area contributed by atoms with E-state index in [0.29, 0.717) is 12.1 Å². The van der Waals surface area contributed by atoms with Crippen LogP contribution in [0.3, 0.4) is 0 Å². The van der Waals surface area contributed by atoms with E-state index in [9.17, 15) is 9.59 Å². The highest BCUT2D eigenvalue weighted by Crippen LogP contribution is 2.05. The molecule has 0 bridgehead atoms. The second-order valence-electron chi connectivity index (χ2n) is 3.60. The van der Waals surface area contributed by atoms with Crippen molar-refractivity contribution >= 4 is 11.9 Å². The highest BCUT2D eigenvalue weighted by molar-refractivity contribution is 5.82. The van der Waals surface area contributed by atoms with Crippen molar-refractivity contribution in [1.82, 2.24) is 5.32 Å². The Morgan fingerprint density at radius 1 is 1.33 bits per heavy atom. The minimum absolute atomic E-state index is 0.240. The van der Waals surface area contributed by atoms with Crippen LogP contribution in [-0.4, -0.2) is 30.7 Å². The van der Waals surface area contributed by atoms with E-state index < -0.39 is 11.9 Å². The number of hydrogen-bond acceptors (Lipinski definition) is 4. The summed E-state index contributed by atoms with van der Waals surface area (Å²) < 4.78 is 4.52. The maximum absolute atomic E-state index is 11.2. The fourth-order valence-electron chi connectivity index (χ4n) is 1.37. The summed E-state index contributed by atoms with van der Waals surface area (Å²) in [6.45, 7) is -0.240. The molecule has 0 atom stereocenters. The van der Waals surface area contributed by atoms with Gasteiger partial charge in [0.15, 0.2) is 0 Å². The molecule has 0 heterocycles. The zero-order chi connectivity index (χ0) is 13.4. The number of rotatable bonds is 6. The number of carbonyl (C=O) groups is 2. The van der Waals surface area contributed by atoms with Crippen LogP contribution in [0.15, 0.2) is 42.1 Å². The van der Waals surface area contributed by atoms with Gasteiger partial charge >= 0.3 is 11.9 Å². The summed E-state index contributed by atoms with van der Waals surface area (Å²) in [6.07, 6.45) is 1.71. The topological polar surface area (TPSA) is 75.6 Å². The van der Waals surface area contributed by atoms with Crippen LogP contribution >= 0.6 is 0 Å². The molecule has 0 aromatic heterocycles. The molecule has 0 unspecified atom stereocenters. The fourth-order valence-corrected chi connectivity index (χ4v) is 1.37. The Balaban J connectivity index is 2.74. The molecule has 1 aromatic carbocycles. The predicted molar refractivity (Wildman–Crippen MR) is 65.9 cm³/mol. The number of nitrogens with one attached hydrogen (secondary N) is 1. The third-order valence-electron chi connectivity index (χ3n) is 2.20. The maximum Gasteiger partial charge on any atom is 0.332 e. The Morgan fingerprint density at radius 2 is 2.00 bits per heavy atom. The predicted octanol–water partition coefficient (Wildman–Crippen LogP) is 0.960. The van der Waals surface area contributed by atoms with Crippen LogP contribution in [0.4, 0.5) is 0 Å². The molecule has 2 N–H and O–H groups in total. The zero-order valence-corrected chi connectivity index (χ0v) is 10.1. The monoisotopic (exact) mass is 249 g/mol. The molecule has 1 rings (SSSR count). The number of ether oxygens (including phenoxy) is 1. The third kappa shape index (κ3) is 5.16. The molecular formula is C13H15NO4. The van der Waals surface area contributed by atoms with Crippen LogP contribution in [0.2, 0.25) is 0 Å². The van der Waals surface area contributed by atoms with E-state index in [2.05, 4.69) is 10.1 Å². The normalized spacial score (nSPS) is 10.8. The summed E-state index contributed by atoms with van der Waals surface area (Å²) in [7, 11) is 1.27. The number of carboxylic acids is 1. The van der Waals surface area contributed by atoms with Crippen LogP contribution in [0.1, 0.15) is 5.56 Å². The van der Waals surface area contributed by atoms with Crippen LogP contribution in [0.5, 0.6) is 0 Å². The van der Waals surface area contributed by atoms with E-state index in [4.69, 9.17) is 5.11 Å². The number of methoxy groups -OCH3 is 1. The van der Waals surface area contributed by atoms with E-state index in [1.165, 1.54) is 13.2 Å². The van der Waals surface area contributed by atoms with Gasteiger partial charge in [0.05, 0.1) is 7.11 Å². The molecule has 5 heteroatoms. The molecular weight excluding hydrogens is 234 g/mol. The standard InChI is InChI=1S/C13H15NO4/c1-18-13(17)8-11(14-9-12(15)16)7-10-5-3-2-4-6-10/h2-6,8,14H,7,9H2,1H3,(H,15,16)/b11-8-. The number of allylic oxidation sites excluding steroid dienone is 1. The SMILES string of the molecule is COC(=O)/C=C(/Cc1ccccc1)NCC(=O)O. The van der Waals surface area contributed by atoms with Crippen LogP contribution in [0.25, 0.3) is 0 Å². The van der Waals surface area contributed by atoms with Gasteiger partial charge in [0.25, 0.3) is 0 Å². The smallest absolute Gasteiger partial charge is 0.332 e. The average molecular weight is 249 g/mol. The fraction of sp³-hybridized carbons (Fsp3) is 0.231. The van der Waals surface area contributed by atoms with Crippen LogP contribution in [-0.2, 0) is 20.7 Å². The molecule has 1 aromatic rings. The van der Waals surface area contributed by atoms with Gasteiger partial charge in [-0.3, -0.25) is 4.79 Å². The molecule has 0 radical (unpaired) electrons. The lowest BCUT2D eigenvalue weighted by Crippen LogP contribution is -2.24. The first-order valence-electron chi connectivity index (χ1n) is 5.40. The lowest BCUT2D eigenvalue weighted by atomic mass is 10.1. The Bertz CT molecular complexity index is 440. The highest BCUT2D eigenvalue weighted by Gasteiger charge is 2.05. The van der Waals surface area contributed by atoms with Crippen molar-refractivity contribution in [3.05, 3.63) is 47.7 Å². The number of carbonyl (C=O) groups excluding carboxylic acids is 1. The van der Waals surface area contributed by atoms with Crippen molar-refractivity contribution in [2.24, 2.45) is 0 Å². The maximum atomic E-state index is 11.2. The summed E-state index contributed by atoms with van der Waals surface area (Å²) in [6, 6.07) is 9.43. The van der Waals surface area contributed by atoms with Crippen molar-refractivity contribution in [2.45, 2.75) is 6.42 Å². The van der Waals surface area contributed by atoms with Gasteiger partial charge in [-0.05, 0) is 5.56 Å². The quantitative estimate of drug-likeness (QED) is 0.580. The summed E-state index contributed by atoms with van der Waals surface area (Å²) >= 11 is 0. The number of carboxylic acid groups (broad SMARTS) is 1. The first kappa shape index (κ1) is 13.8. The van der Waals surface area contributed by atoms with Crippen molar-refractivity contribution in [3.8, 4) is 0 Å². The minimum atomic E-state index is -0.987. The van der Waals surface area contributed by atoms with E-state index >= 15 is 0 Å². The Labute approximate surface area is 105 Å². The largest absolute Gasteiger partial charge is 0.480 e. The minimum Gasteiger partial charge on any atom is -0.480 e. The number of esters is 1. The van der Waals surface area contributed by atoms with E-state index in [1.54, 1.807) is 0 Å². The molecule has 96 valence electrons. The number of aliphatic carboxylic acids is 1. The summed E-state index contributed by atoms with van der Waals surface area (Å²) in [5.41, 5.74) is 1.49. The number of benzene rings is 1. The van der Waals surface area contributed by atoms with Crippen molar-refractivity contribution in [3.63, 3.8) is 0 Å². The first-order valence-corrected chi connectivity index (χ1v) is 5.40. The molecule has 0 aliphatic rings. The van der Waals surface area contributed by atoms with Gasteiger partial charge in [-0.25, -0.2) is 4.79 Å². The van der Waals surface area contributed by atoms with Gasteiger partial charge in [-0.2, -0.15) is 0 Å². The van der Waals surface area contributed by atoms with Crippen molar-refractivity contribution < 1.29 is 19.4 Å². The Hall–Kier alpha value is -2.30. The van der Waals surface area contributed by atoms with Gasteiger partial charge in [0.1, 0.15) is 6.54 Å². The molecule has 0 amide bonds. The lowest BCUT2D eigenvalue weighted by Gasteiger charge is -2.09.